The average molecular weight is 314 g/mol. The third-order valence-corrected chi connectivity index (χ3v) is 3.42. The van der Waals surface area contributed by atoms with Gasteiger partial charge < -0.3 is 20.6 Å². The molecule has 1 aromatic rings. The van der Waals surface area contributed by atoms with Crippen molar-refractivity contribution in [3.05, 3.63) is 28.8 Å². The summed E-state index contributed by atoms with van der Waals surface area (Å²) in [6.07, 6.45) is 0. The van der Waals surface area contributed by atoms with Gasteiger partial charge in [-0.25, -0.2) is 9.59 Å². The van der Waals surface area contributed by atoms with Gasteiger partial charge in [0.2, 0.25) is 0 Å². The van der Waals surface area contributed by atoms with Crippen LogP contribution in [-0.2, 0) is 0 Å². The molecule has 0 unspecified atom stereocenters. The zero-order valence-electron chi connectivity index (χ0n) is 12.3. The van der Waals surface area contributed by atoms with Gasteiger partial charge in [0.25, 0.3) is 0 Å². The van der Waals surface area contributed by atoms with Gasteiger partial charge in [0.05, 0.1) is 16.3 Å². The van der Waals surface area contributed by atoms with Crippen LogP contribution in [0.5, 0.6) is 0 Å². The van der Waals surface area contributed by atoms with E-state index in [4.69, 9.17) is 16.7 Å². The molecule has 0 saturated heterocycles. The second-order valence-electron chi connectivity index (χ2n) is 4.96. The Labute approximate surface area is 129 Å². The van der Waals surface area contributed by atoms with Gasteiger partial charge in [0, 0.05) is 19.1 Å². The Bertz CT molecular complexity index is 520. The number of carboxylic acids is 1. The molecule has 2 amide bonds. The maximum atomic E-state index is 11.8. The van der Waals surface area contributed by atoms with Crippen LogP contribution in [0.2, 0.25) is 5.02 Å². The predicted molar refractivity (Wildman–Crippen MR) is 83.2 cm³/mol. The monoisotopic (exact) mass is 313 g/mol. The van der Waals surface area contributed by atoms with E-state index in [1.165, 1.54) is 18.2 Å². The van der Waals surface area contributed by atoms with Crippen LogP contribution in [0.25, 0.3) is 0 Å². The molecule has 7 heteroatoms. The van der Waals surface area contributed by atoms with Crippen LogP contribution >= 0.6 is 11.6 Å². The Kier molecular flexibility index (Phi) is 6.45. The lowest BCUT2D eigenvalue weighted by atomic mass is 10.2. The van der Waals surface area contributed by atoms with Crippen molar-refractivity contribution < 1.29 is 14.7 Å². The molecule has 116 valence electrons. The standard InChI is InChI=1S/C14H20ClN3O3/c1-9(2)18(3)7-6-16-14(21)17-12-8-10(13(19)20)4-5-11(12)15/h4-5,8-9H,6-7H2,1-3H3,(H,19,20)(H2,16,17,21). The highest BCUT2D eigenvalue weighted by molar-refractivity contribution is 6.33. The number of benzene rings is 1. The zero-order chi connectivity index (χ0) is 16.0. The first-order chi connectivity index (χ1) is 9.81. The second-order valence-corrected chi connectivity index (χ2v) is 5.36. The van der Waals surface area contributed by atoms with Crippen molar-refractivity contribution in [2.45, 2.75) is 19.9 Å². The fourth-order valence-electron chi connectivity index (χ4n) is 1.52. The van der Waals surface area contributed by atoms with E-state index in [0.29, 0.717) is 19.1 Å². The zero-order valence-corrected chi connectivity index (χ0v) is 13.1. The maximum Gasteiger partial charge on any atom is 0.335 e. The predicted octanol–water partition coefficient (Wildman–Crippen LogP) is 2.50. The molecule has 0 spiro atoms. The lowest BCUT2D eigenvalue weighted by Gasteiger charge is -2.21. The van der Waals surface area contributed by atoms with E-state index in [1.54, 1.807) is 0 Å². The van der Waals surface area contributed by atoms with E-state index in [-0.39, 0.29) is 16.3 Å². The Morgan fingerprint density at radius 3 is 2.62 bits per heavy atom. The highest BCUT2D eigenvalue weighted by Crippen LogP contribution is 2.22. The van der Waals surface area contributed by atoms with Crippen LogP contribution in [0.3, 0.4) is 0 Å². The highest BCUT2D eigenvalue weighted by atomic mass is 35.5. The lowest BCUT2D eigenvalue weighted by Crippen LogP contribution is -2.37. The van der Waals surface area contributed by atoms with Gasteiger partial charge in [-0.05, 0) is 39.1 Å². The summed E-state index contributed by atoms with van der Waals surface area (Å²) in [7, 11) is 1.97. The summed E-state index contributed by atoms with van der Waals surface area (Å²) in [5.41, 5.74) is 0.334. The number of urea groups is 1. The summed E-state index contributed by atoms with van der Waals surface area (Å²) in [6.45, 7) is 5.33. The second kappa shape index (κ2) is 7.85. The van der Waals surface area contributed by atoms with Crippen molar-refractivity contribution >= 4 is 29.3 Å². The van der Waals surface area contributed by atoms with Gasteiger partial charge in [0.1, 0.15) is 0 Å². The van der Waals surface area contributed by atoms with Crippen LogP contribution in [0.1, 0.15) is 24.2 Å². The van der Waals surface area contributed by atoms with Crippen LogP contribution in [-0.4, -0.2) is 48.2 Å². The summed E-state index contributed by atoms with van der Waals surface area (Å²) in [6, 6.07) is 4.12. The van der Waals surface area contributed by atoms with Gasteiger partial charge in [-0.3, -0.25) is 0 Å². The summed E-state index contributed by atoms with van der Waals surface area (Å²) in [5.74, 6) is -1.08. The number of carboxylic acid groups (broad SMARTS) is 1. The number of anilines is 1. The molecule has 0 aliphatic heterocycles. The Morgan fingerprint density at radius 2 is 2.05 bits per heavy atom. The van der Waals surface area contributed by atoms with E-state index in [1.807, 2.05) is 7.05 Å². The molecule has 1 rings (SSSR count). The topological polar surface area (TPSA) is 81.7 Å². The van der Waals surface area contributed by atoms with E-state index in [0.717, 1.165) is 0 Å². The molecule has 0 saturated carbocycles. The van der Waals surface area contributed by atoms with Crippen molar-refractivity contribution in [2.75, 3.05) is 25.5 Å². The summed E-state index contributed by atoms with van der Waals surface area (Å²) < 4.78 is 0. The van der Waals surface area contributed by atoms with E-state index in [9.17, 15) is 9.59 Å². The van der Waals surface area contributed by atoms with Gasteiger partial charge in [-0.15, -0.1) is 0 Å². The minimum Gasteiger partial charge on any atom is -0.478 e. The molecule has 1 aromatic carbocycles. The Hall–Kier alpha value is -1.79. The van der Waals surface area contributed by atoms with Crippen LogP contribution in [0.4, 0.5) is 10.5 Å². The molecule has 0 bridgehead atoms. The molecule has 0 aromatic heterocycles. The number of amides is 2. The van der Waals surface area contributed by atoms with E-state index < -0.39 is 12.0 Å². The first-order valence-electron chi connectivity index (χ1n) is 6.59. The van der Waals surface area contributed by atoms with Crippen molar-refractivity contribution in [3.63, 3.8) is 0 Å². The van der Waals surface area contributed by atoms with Gasteiger partial charge in [-0.2, -0.15) is 0 Å². The van der Waals surface area contributed by atoms with E-state index in [2.05, 4.69) is 29.4 Å². The third-order valence-electron chi connectivity index (χ3n) is 3.09. The minimum atomic E-state index is -1.08. The first kappa shape index (κ1) is 17.3. The number of nitrogens with one attached hydrogen (secondary N) is 2. The molecule has 0 heterocycles. The summed E-state index contributed by atoms with van der Waals surface area (Å²) >= 11 is 5.93. The van der Waals surface area contributed by atoms with Crippen molar-refractivity contribution in [1.29, 1.82) is 0 Å². The number of likely N-dealkylation sites (N-methyl/N-ethyl adjacent to an activating group) is 1. The molecule has 21 heavy (non-hydrogen) atoms. The van der Waals surface area contributed by atoms with Crippen LogP contribution < -0.4 is 10.6 Å². The largest absolute Gasteiger partial charge is 0.478 e. The van der Waals surface area contributed by atoms with Crippen LogP contribution in [0.15, 0.2) is 18.2 Å². The van der Waals surface area contributed by atoms with E-state index >= 15 is 0 Å². The molecule has 0 fully saturated rings. The van der Waals surface area contributed by atoms with Gasteiger partial charge >= 0.3 is 12.0 Å². The Balaban J connectivity index is 2.55. The number of aromatic carboxylic acids is 1. The number of hydrogen-bond acceptors (Lipinski definition) is 3. The molecule has 0 aliphatic carbocycles. The molecule has 6 nitrogen and oxygen atoms in total. The SMILES string of the molecule is CC(C)N(C)CCNC(=O)Nc1cc(C(=O)O)ccc1Cl. The van der Waals surface area contributed by atoms with Crippen molar-refractivity contribution in [1.82, 2.24) is 10.2 Å². The molecule has 3 N–H and O–H groups in total. The molecule has 0 aliphatic rings. The number of carbonyl (C=O) groups excluding carboxylic acids is 1. The number of halogens is 1. The summed E-state index contributed by atoms with van der Waals surface area (Å²) in [4.78, 5) is 24.7. The smallest absolute Gasteiger partial charge is 0.335 e. The van der Waals surface area contributed by atoms with Gasteiger partial charge in [-0.1, -0.05) is 11.6 Å². The summed E-state index contributed by atoms with van der Waals surface area (Å²) in [5, 5.41) is 14.4. The third kappa shape index (κ3) is 5.61. The fourth-order valence-corrected chi connectivity index (χ4v) is 1.69. The fraction of sp³-hybridized carbons (Fsp3) is 0.429. The quantitative estimate of drug-likeness (QED) is 0.753. The first-order valence-corrected chi connectivity index (χ1v) is 6.97. The minimum absolute atomic E-state index is 0.0641. The highest BCUT2D eigenvalue weighted by Gasteiger charge is 2.10. The molecule has 0 radical (unpaired) electrons. The maximum absolute atomic E-state index is 11.8. The van der Waals surface area contributed by atoms with Crippen molar-refractivity contribution in [2.24, 2.45) is 0 Å². The number of hydrogen-bond donors (Lipinski definition) is 3. The molecule has 0 atom stereocenters. The van der Waals surface area contributed by atoms with Gasteiger partial charge in [0.15, 0.2) is 0 Å². The lowest BCUT2D eigenvalue weighted by molar-refractivity contribution is 0.0697. The number of nitrogens with zero attached hydrogens (tertiary/aromatic N) is 1. The average Bonchev–Trinajstić information content (AvgIpc) is 2.40. The molecular weight excluding hydrogens is 294 g/mol. The number of carbonyl (C=O) groups is 2. The molecular formula is C14H20ClN3O3. The van der Waals surface area contributed by atoms with Crippen LogP contribution in [0, 0.1) is 0 Å². The Morgan fingerprint density at radius 1 is 1.38 bits per heavy atom. The van der Waals surface area contributed by atoms with Crippen molar-refractivity contribution in [3.8, 4) is 0 Å². The number of rotatable bonds is 6. The normalized spacial score (nSPS) is 10.8.